The molecule has 0 saturated carbocycles. The Morgan fingerprint density at radius 2 is 2.30 bits per heavy atom. The number of carbonyl (C=O) groups is 1. The van der Waals surface area contributed by atoms with Gasteiger partial charge in [0, 0.05) is 24.5 Å². The smallest absolute Gasteiger partial charge is 0.262 e. The van der Waals surface area contributed by atoms with Gasteiger partial charge < -0.3 is 4.90 Å². The third-order valence-electron chi connectivity index (χ3n) is 3.36. The number of nitrogens with one attached hydrogen (secondary N) is 1. The summed E-state index contributed by atoms with van der Waals surface area (Å²) in [5, 5.41) is 3.19. The zero-order valence-electron chi connectivity index (χ0n) is 11.2. The summed E-state index contributed by atoms with van der Waals surface area (Å²) >= 11 is 5.90. The minimum Gasteiger partial charge on any atom is -0.337 e. The highest BCUT2D eigenvalue weighted by Crippen LogP contribution is 2.26. The third-order valence-corrected chi connectivity index (χ3v) is 3.60. The van der Waals surface area contributed by atoms with Gasteiger partial charge in [-0.3, -0.25) is 10.1 Å². The van der Waals surface area contributed by atoms with E-state index in [0.29, 0.717) is 18.1 Å². The molecule has 0 bridgehead atoms. The van der Waals surface area contributed by atoms with E-state index in [1.807, 2.05) is 13.0 Å². The molecular formula is C14H17ClF2N2O. The highest BCUT2D eigenvalue weighted by atomic mass is 35.5. The summed E-state index contributed by atoms with van der Waals surface area (Å²) in [5.74, 6) is -3.08. The van der Waals surface area contributed by atoms with E-state index >= 15 is 0 Å². The van der Waals surface area contributed by atoms with Gasteiger partial charge in [0.2, 0.25) is 5.91 Å². The maximum absolute atomic E-state index is 13.2. The highest BCUT2D eigenvalue weighted by Gasteiger charge is 2.43. The Bertz CT molecular complexity index is 496. The Balaban J connectivity index is 2.03. The monoisotopic (exact) mass is 302 g/mol. The zero-order valence-corrected chi connectivity index (χ0v) is 12.0. The van der Waals surface area contributed by atoms with Crippen molar-refractivity contribution in [2.75, 3.05) is 13.1 Å². The predicted octanol–water partition coefficient (Wildman–Crippen LogP) is 2.69. The first-order chi connectivity index (χ1) is 9.41. The number of halogens is 3. The van der Waals surface area contributed by atoms with Crippen LogP contribution >= 0.6 is 11.6 Å². The summed E-state index contributed by atoms with van der Waals surface area (Å²) in [5.41, 5.74) is 0.887. The largest absolute Gasteiger partial charge is 0.337 e. The molecule has 0 aromatic heterocycles. The molecule has 1 heterocycles. The summed E-state index contributed by atoms with van der Waals surface area (Å²) in [4.78, 5) is 13.8. The second-order valence-electron chi connectivity index (χ2n) is 4.98. The molecule has 0 aliphatic carbocycles. The summed E-state index contributed by atoms with van der Waals surface area (Å²) in [7, 11) is 0. The third kappa shape index (κ3) is 3.67. The number of alkyl halides is 2. The SMILES string of the molecule is CCN(Cc1cccc(Cl)c1)C(=O)C1CC(F)(F)CN1. The number of nitrogens with zero attached hydrogens (tertiary/aromatic N) is 1. The van der Waals surface area contributed by atoms with Crippen LogP contribution in [0.5, 0.6) is 0 Å². The van der Waals surface area contributed by atoms with Gasteiger partial charge in [0.25, 0.3) is 5.92 Å². The first kappa shape index (κ1) is 15.2. The van der Waals surface area contributed by atoms with Gasteiger partial charge in [-0.2, -0.15) is 0 Å². The molecule has 1 atom stereocenters. The van der Waals surface area contributed by atoms with Crippen molar-refractivity contribution in [3.63, 3.8) is 0 Å². The van der Waals surface area contributed by atoms with Gasteiger partial charge in [-0.1, -0.05) is 23.7 Å². The van der Waals surface area contributed by atoms with Crippen molar-refractivity contribution < 1.29 is 13.6 Å². The molecule has 0 radical (unpaired) electrons. The van der Waals surface area contributed by atoms with Gasteiger partial charge in [0.15, 0.2) is 0 Å². The molecular weight excluding hydrogens is 286 g/mol. The zero-order chi connectivity index (χ0) is 14.8. The summed E-state index contributed by atoms with van der Waals surface area (Å²) < 4.78 is 26.3. The Labute approximate surface area is 121 Å². The Hall–Kier alpha value is -1.20. The summed E-state index contributed by atoms with van der Waals surface area (Å²) in [6.07, 6.45) is -0.433. The van der Waals surface area contributed by atoms with Crippen molar-refractivity contribution in [3.8, 4) is 0 Å². The van der Waals surface area contributed by atoms with Gasteiger partial charge in [0.05, 0.1) is 12.6 Å². The van der Waals surface area contributed by atoms with Gasteiger partial charge in [-0.15, -0.1) is 0 Å². The number of benzene rings is 1. The van der Waals surface area contributed by atoms with E-state index in [1.54, 1.807) is 23.1 Å². The van der Waals surface area contributed by atoms with Crippen LogP contribution in [0.2, 0.25) is 5.02 Å². The van der Waals surface area contributed by atoms with Crippen LogP contribution in [0, 0.1) is 0 Å². The molecule has 1 saturated heterocycles. The van der Waals surface area contributed by atoms with E-state index < -0.39 is 24.9 Å². The lowest BCUT2D eigenvalue weighted by molar-refractivity contribution is -0.134. The molecule has 3 nitrogen and oxygen atoms in total. The average Bonchev–Trinajstić information content (AvgIpc) is 2.75. The van der Waals surface area contributed by atoms with Crippen LogP contribution < -0.4 is 5.32 Å². The number of hydrogen-bond donors (Lipinski definition) is 1. The Morgan fingerprint density at radius 3 is 2.85 bits per heavy atom. The van der Waals surface area contributed by atoms with E-state index in [-0.39, 0.29) is 5.91 Å². The van der Waals surface area contributed by atoms with Crippen molar-refractivity contribution in [2.24, 2.45) is 0 Å². The first-order valence-corrected chi connectivity index (χ1v) is 6.93. The standard InChI is InChI=1S/C14H17ClF2N2O/c1-2-19(8-10-4-3-5-11(15)6-10)13(20)12-7-14(16,17)9-18-12/h3-6,12,18H,2,7-9H2,1H3. The lowest BCUT2D eigenvalue weighted by Crippen LogP contribution is -2.43. The Kier molecular flexibility index (Phi) is 4.60. The normalized spacial score (nSPS) is 20.9. The lowest BCUT2D eigenvalue weighted by Gasteiger charge is -2.24. The van der Waals surface area contributed by atoms with E-state index in [4.69, 9.17) is 11.6 Å². The fourth-order valence-electron chi connectivity index (χ4n) is 2.31. The molecule has 1 aromatic carbocycles. The maximum Gasteiger partial charge on any atom is 0.262 e. The van der Waals surface area contributed by atoms with Gasteiger partial charge >= 0.3 is 0 Å². The van der Waals surface area contributed by atoms with Crippen LogP contribution in [0.1, 0.15) is 18.9 Å². The topological polar surface area (TPSA) is 32.3 Å². The van der Waals surface area contributed by atoms with Crippen LogP contribution in [0.25, 0.3) is 0 Å². The second-order valence-corrected chi connectivity index (χ2v) is 5.41. The van der Waals surface area contributed by atoms with Crippen molar-refractivity contribution in [1.29, 1.82) is 0 Å². The highest BCUT2D eigenvalue weighted by molar-refractivity contribution is 6.30. The molecule has 0 spiro atoms. The van der Waals surface area contributed by atoms with Gasteiger partial charge in [-0.25, -0.2) is 8.78 Å². The molecule has 1 amide bonds. The lowest BCUT2D eigenvalue weighted by atomic mass is 10.1. The molecule has 1 aliphatic heterocycles. The van der Waals surface area contributed by atoms with Crippen LogP contribution in [-0.2, 0) is 11.3 Å². The number of rotatable bonds is 4. The number of carbonyl (C=O) groups excluding carboxylic acids is 1. The molecule has 6 heteroatoms. The van der Waals surface area contributed by atoms with Crippen LogP contribution in [0.15, 0.2) is 24.3 Å². The molecule has 1 unspecified atom stereocenters. The predicted molar refractivity (Wildman–Crippen MR) is 73.9 cm³/mol. The van der Waals surface area contributed by atoms with Gasteiger partial charge in [0.1, 0.15) is 0 Å². The van der Waals surface area contributed by atoms with Crippen molar-refractivity contribution in [2.45, 2.75) is 31.9 Å². The van der Waals surface area contributed by atoms with Crippen LogP contribution in [0.3, 0.4) is 0 Å². The quantitative estimate of drug-likeness (QED) is 0.927. The molecule has 110 valence electrons. The van der Waals surface area contributed by atoms with Crippen molar-refractivity contribution >= 4 is 17.5 Å². The van der Waals surface area contributed by atoms with Gasteiger partial charge in [-0.05, 0) is 24.6 Å². The minimum atomic E-state index is -2.80. The number of amides is 1. The first-order valence-electron chi connectivity index (χ1n) is 6.56. The molecule has 20 heavy (non-hydrogen) atoms. The fraction of sp³-hybridized carbons (Fsp3) is 0.500. The molecule has 1 aromatic rings. The molecule has 1 fully saturated rings. The van der Waals surface area contributed by atoms with Crippen molar-refractivity contribution in [1.82, 2.24) is 10.2 Å². The summed E-state index contributed by atoms with van der Waals surface area (Å²) in [6.45, 7) is 2.24. The van der Waals surface area contributed by atoms with Crippen molar-refractivity contribution in [3.05, 3.63) is 34.9 Å². The molecule has 1 aliphatic rings. The van der Waals surface area contributed by atoms with Crippen LogP contribution in [-0.4, -0.2) is 35.9 Å². The number of hydrogen-bond acceptors (Lipinski definition) is 2. The van der Waals surface area contributed by atoms with E-state index in [0.717, 1.165) is 5.56 Å². The fourth-order valence-corrected chi connectivity index (χ4v) is 2.52. The van der Waals surface area contributed by atoms with E-state index in [2.05, 4.69) is 5.32 Å². The average molecular weight is 303 g/mol. The number of likely N-dealkylation sites (N-methyl/N-ethyl adjacent to an activating group) is 1. The second kappa shape index (κ2) is 6.06. The summed E-state index contributed by atoms with van der Waals surface area (Å²) in [6, 6.07) is 6.39. The van der Waals surface area contributed by atoms with Crippen LogP contribution in [0.4, 0.5) is 8.78 Å². The maximum atomic E-state index is 13.2. The molecule has 1 N–H and O–H groups in total. The Morgan fingerprint density at radius 1 is 1.55 bits per heavy atom. The van der Waals surface area contributed by atoms with E-state index in [1.165, 1.54) is 0 Å². The minimum absolute atomic E-state index is 0.287. The molecule has 2 rings (SSSR count). The van der Waals surface area contributed by atoms with E-state index in [9.17, 15) is 13.6 Å².